The Labute approximate surface area is 106 Å². The summed E-state index contributed by atoms with van der Waals surface area (Å²) in [7, 11) is 0. The zero-order valence-corrected chi connectivity index (χ0v) is 13.2. The molecule has 0 aliphatic rings. The van der Waals surface area contributed by atoms with Crippen LogP contribution in [0.1, 0.15) is 19.4 Å². The number of rotatable bonds is 5. The first kappa shape index (κ1) is 17.8. The molecule has 0 saturated heterocycles. The quantitative estimate of drug-likeness (QED) is 0.468. The molecule has 0 aliphatic heterocycles. The fraction of sp³-hybridized carbons (Fsp3) is 0.333. The van der Waals surface area contributed by atoms with Gasteiger partial charge in [0.2, 0.25) is 0 Å². The Bertz CT molecular complexity index is 357. The zero-order valence-electron chi connectivity index (χ0n) is 10.0. The van der Waals surface area contributed by atoms with Crippen LogP contribution in [0.2, 0.25) is 5.02 Å². The van der Waals surface area contributed by atoms with Crippen LogP contribution in [0, 0.1) is 0 Å². The van der Waals surface area contributed by atoms with Crippen molar-refractivity contribution in [1.82, 2.24) is 5.32 Å². The maximum absolute atomic E-state index is 10.7. The van der Waals surface area contributed by atoms with Crippen molar-refractivity contribution in [3.05, 3.63) is 34.9 Å². The van der Waals surface area contributed by atoms with E-state index in [2.05, 4.69) is 5.32 Å². The molecule has 0 saturated carbocycles. The van der Waals surface area contributed by atoms with E-state index in [1.165, 1.54) is 6.41 Å². The number of halogens is 1. The number of nitrogens with one attached hydrogen (secondary N) is 1. The van der Waals surface area contributed by atoms with Gasteiger partial charge in [0.1, 0.15) is 6.04 Å². The van der Waals surface area contributed by atoms with Gasteiger partial charge in [-0.2, -0.15) is 6.41 Å². The Kier molecular flexibility index (Phi) is 9.57. The van der Waals surface area contributed by atoms with E-state index >= 15 is 0 Å². The zero-order chi connectivity index (χ0) is 13.3. The molecule has 106 valence electrons. The first-order valence-corrected chi connectivity index (χ1v) is 5.61. The molecule has 1 amide bonds. The summed E-state index contributed by atoms with van der Waals surface area (Å²) in [6.07, 6.45) is 1.58. The number of aliphatic carboxylic acids is 1. The average Bonchev–Trinajstić information content (AvgIpc) is 2.34. The minimum atomic E-state index is -1.09. The Balaban J connectivity index is 0. The molecule has 1 aromatic rings. The standard InChI is InChI=1S/C10H9ClNO3.C2H6.Fm/c11-8-3-1-7(2-4-8)5-9(10(14)15)12-6-13;1-2;/h1-4,9H,5H2,(H,12,13)(H,14,15);1-2H3;/q-1;;. The van der Waals surface area contributed by atoms with Gasteiger partial charge >= 0.3 is 5.97 Å². The SMILES string of the molecule is CC.O=[C-]NC(Cc1ccc(Cl)cc1)C(=O)O.[Fm]. The molecule has 0 fully saturated rings. The topological polar surface area (TPSA) is 66.4 Å². The number of carbonyl (C=O) groups is 1. The molecular weight excluding hydrogens is 499 g/mol. The smallest absolute Gasteiger partial charge is 0.323 e. The van der Waals surface area contributed by atoms with Crippen LogP contribution in [0.25, 0.3) is 0 Å². The molecule has 18 heavy (non-hydrogen) atoms. The van der Waals surface area contributed by atoms with Gasteiger partial charge in [0.15, 0.2) is 0 Å². The molecule has 0 aromatic heterocycles. The molecule has 1 aromatic carbocycles. The number of hydrogen-bond acceptors (Lipinski definition) is 2. The Morgan fingerprint density at radius 2 is 1.89 bits per heavy atom. The van der Waals surface area contributed by atoms with Crippen molar-refractivity contribution in [1.29, 1.82) is 0 Å². The van der Waals surface area contributed by atoms with Crippen LogP contribution in [0.5, 0.6) is 0 Å². The van der Waals surface area contributed by atoms with E-state index in [4.69, 9.17) is 16.7 Å². The fourth-order valence-corrected chi connectivity index (χ4v) is 1.25. The van der Waals surface area contributed by atoms with Crippen molar-refractivity contribution in [2.24, 2.45) is 0 Å². The van der Waals surface area contributed by atoms with Gasteiger partial charge in [-0.3, -0.25) is 4.79 Å². The maximum Gasteiger partial charge on any atom is 0.323 e. The van der Waals surface area contributed by atoms with Crippen molar-refractivity contribution < 1.29 is 14.7 Å². The Morgan fingerprint density at radius 1 is 1.39 bits per heavy atom. The second-order valence-electron chi connectivity index (χ2n) is 2.97. The molecule has 1 atom stereocenters. The summed E-state index contributed by atoms with van der Waals surface area (Å²) in [6.45, 7) is 4.00. The first-order valence-electron chi connectivity index (χ1n) is 5.23. The van der Waals surface area contributed by atoms with Gasteiger partial charge in [0.25, 0.3) is 0 Å². The van der Waals surface area contributed by atoms with E-state index in [9.17, 15) is 9.59 Å². The molecule has 0 aliphatic carbocycles. The van der Waals surface area contributed by atoms with Crippen molar-refractivity contribution >= 4 is 24.0 Å². The van der Waals surface area contributed by atoms with Crippen LogP contribution in [-0.2, 0) is 16.0 Å². The second-order valence-corrected chi connectivity index (χ2v) is 3.40. The van der Waals surface area contributed by atoms with Gasteiger partial charge in [-0.25, -0.2) is 0 Å². The third-order valence-corrected chi connectivity index (χ3v) is 2.14. The van der Waals surface area contributed by atoms with Crippen molar-refractivity contribution in [2.45, 2.75) is 26.3 Å². The van der Waals surface area contributed by atoms with E-state index in [0.29, 0.717) is 5.02 Å². The molecule has 0 bridgehead atoms. The second kappa shape index (κ2) is 9.66. The van der Waals surface area contributed by atoms with Crippen molar-refractivity contribution in [3.63, 3.8) is 0 Å². The van der Waals surface area contributed by atoms with Crippen LogP contribution in [0.15, 0.2) is 24.3 Å². The van der Waals surface area contributed by atoms with Crippen LogP contribution in [0.3, 0.4) is 0 Å². The van der Waals surface area contributed by atoms with Gasteiger partial charge in [0, 0.05) is 11.4 Å². The molecule has 1 rings (SSSR count). The number of carboxylic acid groups (broad SMARTS) is 1. The van der Waals surface area contributed by atoms with Crippen molar-refractivity contribution in [3.8, 4) is 0 Å². The third-order valence-electron chi connectivity index (χ3n) is 1.88. The van der Waals surface area contributed by atoms with Crippen LogP contribution in [0.4, 0.5) is 0 Å². The predicted octanol–water partition coefficient (Wildman–Crippen LogP) is 2.02. The van der Waals surface area contributed by atoms with E-state index in [0.717, 1.165) is 5.56 Å². The number of amides is 1. The Morgan fingerprint density at radius 3 is 2.28 bits per heavy atom. The Hall–Kier alpha value is -2.55. The number of carboxylic acids is 1. The molecule has 1 unspecified atom stereocenters. The van der Waals surface area contributed by atoms with E-state index in [-0.39, 0.29) is 6.42 Å². The predicted molar refractivity (Wildman–Crippen MR) is 66.8 cm³/mol. The van der Waals surface area contributed by atoms with E-state index in [1.54, 1.807) is 24.3 Å². The number of benzene rings is 1. The summed E-state index contributed by atoms with van der Waals surface area (Å²) in [5.41, 5.74) is 0.787. The molecule has 0 spiro atoms. The minimum Gasteiger partial charge on any atom is -0.520 e. The third kappa shape index (κ3) is 6.12. The summed E-state index contributed by atoms with van der Waals surface area (Å²) in [5.74, 6) is -1.09. The fourth-order valence-electron chi connectivity index (χ4n) is 1.13. The normalized spacial score (nSPS) is 10.2. The van der Waals surface area contributed by atoms with Gasteiger partial charge in [-0.1, -0.05) is 37.6 Å². The maximum atomic E-state index is 10.7. The largest absolute Gasteiger partial charge is 0.520 e. The van der Waals surface area contributed by atoms with Gasteiger partial charge < -0.3 is 15.2 Å². The monoisotopic (exact) mass is 513 g/mol. The summed E-state index contributed by atoms with van der Waals surface area (Å²) < 4.78 is 0. The average molecular weight is 514 g/mol. The van der Waals surface area contributed by atoms with Crippen molar-refractivity contribution in [2.75, 3.05) is 0 Å². The van der Waals surface area contributed by atoms with Gasteiger partial charge in [-0.15, -0.1) is 0 Å². The molecule has 0 radical (unpaired) electrons. The van der Waals surface area contributed by atoms with E-state index < -0.39 is 12.0 Å². The molecular formula is C12H15ClFmNO3-. The van der Waals surface area contributed by atoms with E-state index in [1.807, 2.05) is 13.8 Å². The summed E-state index contributed by atoms with van der Waals surface area (Å²) in [6, 6.07) is 5.81. The van der Waals surface area contributed by atoms with Crippen LogP contribution in [-0.4, -0.2) is 23.5 Å². The van der Waals surface area contributed by atoms with Crippen LogP contribution >= 0.6 is 11.6 Å². The number of hydrogen-bond donors (Lipinski definition) is 2. The minimum absolute atomic E-state index is 0. The first-order chi connectivity index (χ1) is 8.13. The molecule has 6 heteroatoms. The molecule has 2 N–H and O–H groups in total. The summed E-state index contributed by atoms with van der Waals surface area (Å²) >= 11 is 5.68. The van der Waals surface area contributed by atoms with Gasteiger partial charge in [-0.05, 0) is 17.7 Å². The van der Waals surface area contributed by atoms with Gasteiger partial charge in [0.05, 0.1) is 0 Å². The molecule has 0 heterocycles. The number of carbonyl (C=O) groups excluding carboxylic acids is 1. The molecule has 4 nitrogen and oxygen atoms in total. The summed E-state index contributed by atoms with van der Waals surface area (Å²) in [5, 5.41) is 11.4. The van der Waals surface area contributed by atoms with Crippen LogP contribution < -0.4 is 5.32 Å². The summed E-state index contributed by atoms with van der Waals surface area (Å²) in [4.78, 5) is 20.7.